The molecule has 0 aromatic heterocycles. The lowest BCUT2D eigenvalue weighted by atomic mass is 10.2. The van der Waals surface area contributed by atoms with Gasteiger partial charge in [0.1, 0.15) is 0 Å². The van der Waals surface area contributed by atoms with Crippen molar-refractivity contribution in [2.24, 2.45) is 0 Å². The number of benzene rings is 1. The Balaban J connectivity index is 2.64. The lowest BCUT2D eigenvalue weighted by Crippen LogP contribution is -2.35. The molecule has 18 heavy (non-hydrogen) atoms. The van der Waals surface area contributed by atoms with Crippen molar-refractivity contribution in [1.29, 1.82) is 5.26 Å². The fourth-order valence-corrected chi connectivity index (χ4v) is 2.11. The number of hydrogen-bond donors (Lipinski definition) is 1. The monoisotopic (exact) mass is 309 g/mol. The molecule has 0 heterocycles. The first kappa shape index (κ1) is 14.5. The van der Waals surface area contributed by atoms with E-state index in [0.29, 0.717) is 18.7 Å². The third kappa shape index (κ3) is 3.74. The molecule has 1 N–H and O–H groups in total. The Hall–Kier alpha value is -1.54. The summed E-state index contributed by atoms with van der Waals surface area (Å²) in [6.07, 6.45) is 0. The van der Waals surface area contributed by atoms with E-state index >= 15 is 0 Å². The molecule has 1 aromatic carbocycles. The number of hydrogen-bond acceptors (Lipinski definition) is 3. The van der Waals surface area contributed by atoms with E-state index in [1.54, 1.807) is 23.1 Å². The summed E-state index contributed by atoms with van der Waals surface area (Å²) in [5.41, 5.74) is 1.40. The predicted octanol–water partition coefficient (Wildman–Crippen LogP) is 2.60. The van der Waals surface area contributed by atoms with Gasteiger partial charge in [0, 0.05) is 23.2 Å². The smallest absolute Gasteiger partial charge is 0.241 e. The molecule has 0 saturated heterocycles. The number of nitriles is 1. The third-order valence-electron chi connectivity index (χ3n) is 2.64. The molecule has 0 spiro atoms. The van der Waals surface area contributed by atoms with Crippen molar-refractivity contribution in [1.82, 2.24) is 4.90 Å². The second-order valence-corrected chi connectivity index (χ2v) is 4.58. The number of rotatable bonds is 5. The molecule has 96 valence electrons. The van der Waals surface area contributed by atoms with E-state index in [9.17, 15) is 4.79 Å². The Kier molecular flexibility index (Phi) is 5.66. The summed E-state index contributed by atoms with van der Waals surface area (Å²) in [5, 5.41) is 11.8. The molecule has 0 aliphatic carbocycles. The average Bonchev–Trinajstić information content (AvgIpc) is 2.38. The number of halogens is 1. The summed E-state index contributed by atoms with van der Waals surface area (Å²) < 4.78 is 0.786. The maximum atomic E-state index is 11.8. The highest BCUT2D eigenvalue weighted by molar-refractivity contribution is 9.10. The maximum absolute atomic E-state index is 11.8. The van der Waals surface area contributed by atoms with Crippen LogP contribution in [0.5, 0.6) is 0 Å². The highest BCUT2D eigenvalue weighted by atomic mass is 79.9. The Bertz CT molecular complexity index is 464. The van der Waals surface area contributed by atoms with Crippen LogP contribution in [0.1, 0.15) is 19.4 Å². The molecule has 0 fully saturated rings. The summed E-state index contributed by atoms with van der Waals surface area (Å²) in [6, 6.07) is 7.30. The largest absolute Gasteiger partial charge is 0.375 e. The zero-order valence-corrected chi connectivity index (χ0v) is 12.1. The summed E-state index contributed by atoms with van der Waals surface area (Å²) in [4.78, 5) is 13.6. The molecule has 0 unspecified atom stereocenters. The van der Waals surface area contributed by atoms with Crippen LogP contribution in [0.3, 0.4) is 0 Å². The lowest BCUT2D eigenvalue weighted by molar-refractivity contribution is -0.128. The van der Waals surface area contributed by atoms with Gasteiger partial charge in [0.2, 0.25) is 5.91 Å². The molecular weight excluding hydrogens is 294 g/mol. The molecule has 1 amide bonds. The van der Waals surface area contributed by atoms with E-state index in [2.05, 4.69) is 27.3 Å². The van der Waals surface area contributed by atoms with E-state index in [4.69, 9.17) is 5.26 Å². The van der Waals surface area contributed by atoms with Crippen LogP contribution in [0.25, 0.3) is 0 Å². The normalized spacial score (nSPS) is 9.67. The molecular formula is C13H16BrN3O. The molecule has 0 aliphatic heterocycles. The van der Waals surface area contributed by atoms with Crippen LogP contribution < -0.4 is 5.32 Å². The number of amides is 1. The van der Waals surface area contributed by atoms with Crippen molar-refractivity contribution in [2.45, 2.75) is 13.8 Å². The quantitative estimate of drug-likeness (QED) is 0.909. The van der Waals surface area contributed by atoms with Gasteiger partial charge in [-0.3, -0.25) is 4.79 Å². The van der Waals surface area contributed by atoms with E-state index in [0.717, 1.165) is 10.2 Å². The van der Waals surface area contributed by atoms with Gasteiger partial charge >= 0.3 is 0 Å². The van der Waals surface area contributed by atoms with E-state index in [1.807, 2.05) is 13.8 Å². The van der Waals surface area contributed by atoms with Crippen molar-refractivity contribution in [3.63, 3.8) is 0 Å². The first-order valence-corrected chi connectivity index (χ1v) is 6.63. The van der Waals surface area contributed by atoms with Crippen LogP contribution in [-0.2, 0) is 4.79 Å². The SMILES string of the molecule is CCN(CC)C(=O)CNc1ccc(C#N)cc1Br. The van der Waals surface area contributed by atoms with Crippen LogP contribution in [0, 0.1) is 11.3 Å². The molecule has 0 radical (unpaired) electrons. The molecule has 0 atom stereocenters. The summed E-state index contributed by atoms with van der Waals surface area (Å²) in [6.45, 7) is 5.60. The van der Waals surface area contributed by atoms with Gasteiger partial charge in [-0.05, 0) is 48.0 Å². The van der Waals surface area contributed by atoms with Crippen LogP contribution in [-0.4, -0.2) is 30.4 Å². The van der Waals surface area contributed by atoms with Gasteiger partial charge in [-0.2, -0.15) is 5.26 Å². The summed E-state index contributed by atoms with van der Waals surface area (Å²) in [5.74, 6) is 0.0660. The summed E-state index contributed by atoms with van der Waals surface area (Å²) >= 11 is 3.37. The molecule has 1 rings (SSSR count). The Morgan fingerprint density at radius 2 is 2.11 bits per heavy atom. The number of carbonyl (C=O) groups excluding carboxylic acids is 1. The second-order valence-electron chi connectivity index (χ2n) is 3.73. The zero-order valence-electron chi connectivity index (χ0n) is 10.5. The predicted molar refractivity (Wildman–Crippen MR) is 75.3 cm³/mol. The van der Waals surface area contributed by atoms with Crippen molar-refractivity contribution in [2.75, 3.05) is 25.0 Å². The topological polar surface area (TPSA) is 56.1 Å². The van der Waals surface area contributed by atoms with Crippen LogP contribution in [0.15, 0.2) is 22.7 Å². The van der Waals surface area contributed by atoms with Gasteiger partial charge in [0.25, 0.3) is 0 Å². The molecule has 0 saturated carbocycles. The second kappa shape index (κ2) is 7.02. The minimum atomic E-state index is 0.0660. The lowest BCUT2D eigenvalue weighted by Gasteiger charge is -2.19. The van der Waals surface area contributed by atoms with Crippen LogP contribution in [0.2, 0.25) is 0 Å². The molecule has 5 heteroatoms. The Labute approximate surface area is 116 Å². The number of anilines is 1. The number of nitrogens with zero attached hydrogens (tertiary/aromatic N) is 2. The standard InChI is InChI=1S/C13H16BrN3O/c1-3-17(4-2)13(18)9-16-12-6-5-10(8-15)7-11(12)14/h5-7,16H,3-4,9H2,1-2H3. The van der Waals surface area contributed by atoms with Crippen molar-refractivity contribution in [3.8, 4) is 6.07 Å². The minimum absolute atomic E-state index is 0.0660. The zero-order chi connectivity index (χ0) is 13.5. The third-order valence-corrected chi connectivity index (χ3v) is 3.30. The van der Waals surface area contributed by atoms with Gasteiger partial charge in [-0.25, -0.2) is 0 Å². The van der Waals surface area contributed by atoms with Crippen molar-refractivity contribution in [3.05, 3.63) is 28.2 Å². The van der Waals surface area contributed by atoms with Gasteiger partial charge in [0.15, 0.2) is 0 Å². The highest BCUT2D eigenvalue weighted by Crippen LogP contribution is 2.23. The maximum Gasteiger partial charge on any atom is 0.241 e. The van der Waals surface area contributed by atoms with Gasteiger partial charge < -0.3 is 10.2 Å². The van der Waals surface area contributed by atoms with Crippen molar-refractivity contribution >= 4 is 27.5 Å². The average molecular weight is 310 g/mol. The van der Waals surface area contributed by atoms with E-state index in [1.165, 1.54) is 0 Å². The van der Waals surface area contributed by atoms with E-state index in [-0.39, 0.29) is 12.5 Å². The molecule has 1 aromatic rings. The van der Waals surface area contributed by atoms with Gasteiger partial charge in [-0.15, -0.1) is 0 Å². The minimum Gasteiger partial charge on any atom is -0.375 e. The molecule has 4 nitrogen and oxygen atoms in total. The Morgan fingerprint density at radius 3 is 2.61 bits per heavy atom. The number of carbonyl (C=O) groups is 1. The highest BCUT2D eigenvalue weighted by Gasteiger charge is 2.09. The van der Waals surface area contributed by atoms with Crippen LogP contribution in [0.4, 0.5) is 5.69 Å². The summed E-state index contributed by atoms with van der Waals surface area (Å²) in [7, 11) is 0. The number of nitrogens with one attached hydrogen (secondary N) is 1. The van der Waals surface area contributed by atoms with E-state index < -0.39 is 0 Å². The van der Waals surface area contributed by atoms with Crippen LogP contribution >= 0.6 is 15.9 Å². The number of likely N-dealkylation sites (N-methyl/N-ethyl adjacent to an activating group) is 1. The fourth-order valence-electron chi connectivity index (χ4n) is 1.59. The molecule has 0 aliphatic rings. The fraction of sp³-hybridized carbons (Fsp3) is 0.385. The van der Waals surface area contributed by atoms with Gasteiger partial charge in [0.05, 0.1) is 18.2 Å². The first-order valence-electron chi connectivity index (χ1n) is 5.83. The first-order chi connectivity index (χ1) is 8.62. The molecule has 0 bridgehead atoms. The van der Waals surface area contributed by atoms with Crippen molar-refractivity contribution < 1.29 is 4.79 Å². The Morgan fingerprint density at radius 1 is 1.44 bits per heavy atom. The van der Waals surface area contributed by atoms with Gasteiger partial charge in [-0.1, -0.05) is 0 Å².